The lowest BCUT2D eigenvalue weighted by Gasteiger charge is -2.21. The molecule has 0 radical (unpaired) electrons. The summed E-state index contributed by atoms with van der Waals surface area (Å²) in [6, 6.07) is 7.02. The number of benzene rings is 1. The van der Waals surface area contributed by atoms with Crippen LogP contribution in [0.2, 0.25) is 0 Å². The van der Waals surface area contributed by atoms with E-state index in [1.54, 1.807) is 12.1 Å². The number of ether oxygens (including phenoxy) is 2. The molecule has 0 aliphatic carbocycles. The number of carbonyl (C=O) groups is 2. The Hall–Kier alpha value is -1.88. The van der Waals surface area contributed by atoms with E-state index in [-0.39, 0.29) is 17.8 Å². The third kappa shape index (κ3) is 3.81. The molecule has 0 aromatic heterocycles. The van der Waals surface area contributed by atoms with Gasteiger partial charge in [-0.15, -0.1) is 0 Å². The zero-order chi connectivity index (χ0) is 14.4. The fourth-order valence-corrected chi connectivity index (χ4v) is 2.17. The van der Waals surface area contributed by atoms with Crippen molar-refractivity contribution < 1.29 is 19.1 Å². The topological polar surface area (TPSA) is 64.6 Å². The normalized spacial score (nSPS) is 15.7. The van der Waals surface area contributed by atoms with Crippen LogP contribution in [0.1, 0.15) is 28.8 Å². The molecule has 5 nitrogen and oxygen atoms in total. The maximum absolute atomic E-state index is 12.0. The summed E-state index contributed by atoms with van der Waals surface area (Å²) in [7, 11) is 1.35. The van der Waals surface area contributed by atoms with E-state index in [0.29, 0.717) is 25.3 Å². The molecule has 1 aromatic rings. The number of esters is 1. The average molecular weight is 277 g/mol. The van der Waals surface area contributed by atoms with Crippen LogP contribution in [0.3, 0.4) is 0 Å². The number of hydrogen-bond acceptors (Lipinski definition) is 4. The van der Waals surface area contributed by atoms with Crippen molar-refractivity contribution in [1.82, 2.24) is 5.32 Å². The summed E-state index contributed by atoms with van der Waals surface area (Å²) in [5.41, 5.74) is 1.46. The third-order valence-electron chi connectivity index (χ3n) is 3.43. The second-order valence-corrected chi connectivity index (χ2v) is 4.79. The van der Waals surface area contributed by atoms with Crippen LogP contribution < -0.4 is 5.32 Å². The van der Waals surface area contributed by atoms with Crippen LogP contribution in [-0.4, -0.2) is 32.2 Å². The highest BCUT2D eigenvalue weighted by molar-refractivity contribution is 5.89. The number of amides is 1. The smallest absolute Gasteiger partial charge is 0.337 e. The standard InChI is InChI=1S/C15H19NO4/c1-19-15(18)13-4-2-11(3-5-13)10-16-14(17)12-6-8-20-9-7-12/h2-5,12H,6-10H2,1H3,(H,16,17). The van der Waals surface area contributed by atoms with Crippen molar-refractivity contribution in [2.75, 3.05) is 20.3 Å². The zero-order valence-corrected chi connectivity index (χ0v) is 11.6. The van der Waals surface area contributed by atoms with Crippen LogP contribution in [0.5, 0.6) is 0 Å². The summed E-state index contributed by atoms with van der Waals surface area (Å²) in [6.45, 7) is 1.79. The van der Waals surface area contributed by atoms with Crippen molar-refractivity contribution in [1.29, 1.82) is 0 Å². The highest BCUT2D eigenvalue weighted by Crippen LogP contribution is 2.15. The van der Waals surface area contributed by atoms with Gasteiger partial charge in [0.25, 0.3) is 0 Å². The van der Waals surface area contributed by atoms with Crippen LogP contribution in [0, 0.1) is 5.92 Å². The zero-order valence-electron chi connectivity index (χ0n) is 11.6. The molecule has 2 rings (SSSR count). The lowest BCUT2D eigenvalue weighted by molar-refractivity contribution is -0.128. The predicted octanol–water partition coefficient (Wildman–Crippen LogP) is 1.52. The molecule has 0 saturated carbocycles. The molecule has 1 aliphatic heterocycles. The van der Waals surface area contributed by atoms with Gasteiger partial charge in [-0.2, -0.15) is 0 Å². The van der Waals surface area contributed by atoms with Crippen molar-refractivity contribution in [2.24, 2.45) is 5.92 Å². The molecule has 0 atom stereocenters. The van der Waals surface area contributed by atoms with E-state index >= 15 is 0 Å². The van der Waals surface area contributed by atoms with Gasteiger partial charge >= 0.3 is 5.97 Å². The van der Waals surface area contributed by atoms with Crippen molar-refractivity contribution >= 4 is 11.9 Å². The van der Waals surface area contributed by atoms with Gasteiger partial charge in [0.05, 0.1) is 12.7 Å². The van der Waals surface area contributed by atoms with E-state index in [4.69, 9.17) is 4.74 Å². The van der Waals surface area contributed by atoms with Crippen molar-refractivity contribution in [2.45, 2.75) is 19.4 Å². The molecule has 20 heavy (non-hydrogen) atoms. The summed E-state index contributed by atoms with van der Waals surface area (Å²) in [4.78, 5) is 23.2. The van der Waals surface area contributed by atoms with Crippen LogP contribution in [0.15, 0.2) is 24.3 Å². The quantitative estimate of drug-likeness (QED) is 0.847. The molecule has 1 aliphatic rings. The molecule has 0 spiro atoms. The Kier molecular flexibility index (Phi) is 5.12. The molecule has 108 valence electrons. The number of carbonyl (C=O) groups excluding carboxylic acids is 2. The monoisotopic (exact) mass is 277 g/mol. The first-order chi connectivity index (χ1) is 9.70. The van der Waals surface area contributed by atoms with Gasteiger partial charge in [-0.25, -0.2) is 4.79 Å². The molecule has 0 bridgehead atoms. The lowest BCUT2D eigenvalue weighted by Crippen LogP contribution is -2.33. The molecule has 1 amide bonds. The second-order valence-electron chi connectivity index (χ2n) is 4.79. The molecule has 0 unspecified atom stereocenters. The van der Waals surface area contributed by atoms with Crippen molar-refractivity contribution in [3.05, 3.63) is 35.4 Å². The van der Waals surface area contributed by atoms with Gasteiger partial charge in [0.15, 0.2) is 0 Å². The van der Waals surface area contributed by atoms with E-state index in [0.717, 1.165) is 18.4 Å². The highest BCUT2D eigenvalue weighted by atomic mass is 16.5. The predicted molar refractivity (Wildman–Crippen MR) is 73.2 cm³/mol. The van der Waals surface area contributed by atoms with Crippen LogP contribution in [-0.2, 0) is 20.8 Å². The van der Waals surface area contributed by atoms with Gasteiger partial charge in [0.1, 0.15) is 0 Å². The van der Waals surface area contributed by atoms with Crippen LogP contribution >= 0.6 is 0 Å². The molecular weight excluding hydrogens is 258 g/mol. The SMILES string of the molecule is COC(=O)c1ccc(CNC(=O)C2CCOCC2)cc1. The number of hydrogen-bond donors (Lipinski definition) is 1. The van der Waals surface area contributed by atoms with Crippen molar-refractivity contribution in [3.8, 4) is 0 Å². The maximum atomic E-state index is 12.0. The van der Waals surface area contributed by atoms with Crippen LogP contribution in [0.4, 0.5) is 0 Å². The van der Waals surface area contributed by atoms with Crippen molar-refractivity contribution in [3.63, 3.8) is 0 Å². The van der Waals surface area contributed by atoms with E-state index in [2.05, 4.69) is 10.1 Å². The number of rotatable bonds is 4. The first kappa shape index (κ1) is 14.5. The van der Waals surface area contributed by atoms with E-state index < -0.39 is 0 Å². The summed E-state index contributed by atoms with van der Waals surface area (Å²) in [6.07, 6.45) is 1.57. The van der Waals surface area contributed by atoms with Gasteiger partial charge in [-0.05, 0) is 30.5 Å². The number of nitrogens with one attached hydrogen (secondary N) is 1. The Morgan fingerprint density at radius 1 is 1.25 bits per heavy atom. The first-order valence-electron chi connectivity index (χ1n) is 6.73. The minimum absolute atomic E-state index is 0.0538. The third-order valence-corrected chi connectivity index (χ3v) is 3.43. The Bertz CT molecular complexity index is 463. The first-order valence-corrected chi connectivity index (χ1v) is 6.73. The Morgan fingerprint density at radius 2 is 1.90 bits per heavy atom. The molecule has 1 fully saturated rings. The van der Waals surface area contributed by atoms with Gasteiger partial charge < -0.3 is 14.8 Å². The van der Waals surface area contributed by atoms with E-state index in [1.165, 1.54) is 7.11 Å². The Morgan fingerprint density at radius 3 is 2.50 bits per heavy atom. The molecule has 5 heteroatoms. The fourth-order valence-electron chi connectivity index (χ4n) is 2.17. The summed E-state index contributed by atoms with van der Waals surface area (Å²) >= 11 is 0. The average Bonchev–Trinajstić information content (AvgIpc) is 2.53. The Labute approximate surface area is 118 Å². The van der Waals surface area contributed by atoms with Gasteiger partial charge in [-0.3, -0.25) is 4.79 Å². The minimum atomic E-state index is -0.359. The van der Waals surface area contributed by atoms with Gasteiger partial charge in [0.2, 0.25) is 5.91 Å². The van der Waals surface area contributed by atoms with Gasteiger partial charge in [0, 0.05) is 25.7 Å². The van der Waals surface area contributed by atoms with Crippen LogP contribution in [0.25, 0.3) is 0 Å². The van der Waals surface area contributed by atoms with Gasteiger partial charge in [-0.1, -0.05) is 12.1 Å². The molecule has 1 heterocycles. The number of methoxy groups -OCH3 is 1. The molecule has 1 saturated heterocycles. The largest absolute Gasteiger partial charge is 0.465 e. The fraction of sp³-hybridized carbons (Fsp3) is 0.467. The molecular formula is C15H19NO4. The maximum Gasteiger partial charge on any atom is 0.337 e. The molecule has 1 aromatic carbocycles. The second kappa shape index (κ2) is 7.05. The lowest BCUT2D eigenvalue weighted by atomic mass is 9.99. The minimum Gasteiger partial charge on any atom is -0.465 e. The van der Waals surface area contributed by atoms with E-state index in [9.17, 15) is 9.59 Å². The highest BCUT2D eigenvalue weighted by Gasteiger charge is 2.20. The summed E-state index contributed by atoms with van der Waals surface area (Å²) < 4.78 is 9.87. The van der Waals surface area contributed by atoms with E-state index in [1.807, 2.05) is 12.1 Å². The Balaban J connectivity index is 1.84. The summed E-state index contributed by atoms with van der Waals surface area (Å²) in [5, 5.41) is 2.92. The summed E-state index contributed by atoms with van der Waals surface area (Å²) in [5.74, 6) is -0.230. The molecule has 1 N–H and O–H groups in total.